The third kappa shape index (κ3) is 4.25. The smallest absolute Gasteiger partial charge is 0.238 e. The van der Waals surface area contributed by atoms with Crippen LogP contribution in [0.15, 0.2) is 59.3 Å². The molecular formula is C19H20ClF2N3O2S. The van der Waals surface area contributed by atoms with Crippen LogP contribution in [0.4, 0.5) is 8.78 Å². The number of hydrogen-bond acceptors (Lipinski definition) is 3. The Bertz CT molecular complexity index is 1140. The summed E-state index contributed by atoms with van der Waals surface area (Å²) in [4.78, 5) is -0.0477. The van der Waals surface area contributed by atoms with Crippen molar-refractivity contribution in [1.82, 2.24) is 4.57 Å². The highest BCUT2D eigenvalue weighted by Gasteiger charge is 2.19. The highest BCUT2D eigenvalue weighted by molar-refractivity contribution is 7.89. The number of nitrogens with two attached hydrogens (primary N) is 2. The van der Waals surface area contributed by atoms with Gasteiger partial charge in [-0.15, -0.1) is 12.4 Å². The predicted octanol–water partition coefficient (Wildman–Crippen LogP) is 3.64. The molecule has 150 valence electrons. The van der Waals surface area contributed by atoms with Crippen LogP contribution in [0.3, 0.4) is 0 Å². The van der Waals surface area contributed by atoms with E-state index in [9.17, 15) is 17.2 Å². The van der Waals surface area contributed by atoms with Crippen LogP contribution in [0, 0.1) is 12.7 Å². The van der Waals surface area contributed by atoms with E-state index in [1.807, 2.05) is 0 Å². The van der Waals surface area contributed by atoms with Crippen molar-refractivity contribution in [1.29, 1.82) is 0 Å². The molecule has 0 atom stereocenters. The molecule has 0 saturated heterocycles. The molecule has 0 aliphatic heterocycles. The van der Waals surface area contributed by atoms with Gasteiger partial charge in [-0.3, -0.25) is 0 Å². The molecule has 0 fully saturated rings. The maximum atomic E-state index is 14.1. The van der Waals surface area contributed by atoms with Crippen LogP contribution in [0.1, 0.15) is 5.69 Å². The second-order valence-electron chi connectivity index (χ2n) is 6.16. The normalized spacial score (nSPS) is 12.2. The molecule has 4 N–H and O–H groups in total. The van der Waals surface area contributed by atoms with E-state index < -0.39 is 15.9 Å². The van der Waals surface area contributed by atoms with E-state index in [0.29, 0.717) is 27.7 Å². The first kappa shape index (κ1) is 22.0. The minimum Gasteiger partial charge on any atom is -0.337 e. The molecule has 0 saturated carbocycles. The first-order valence-corrected chi connectivity index (χ1v) is 9.73. The molecule has 5 nitrogen and oxygen atoms in total. The number of rotatable bonds is 5. The van der Waals surface area contributed by atoms with Gasteiger partial charge in [0.05, 0.1) is 11.4 Å². The predicted molar refractivity (Wildman–Crippen MR) is 109 cm³/mol. The van der Waals surface area contributed by atoms with Gasteiger partial charge in [0, 0.05) is 28.7 Å². The highest BCUT2D eigenvalue weighted by atomic mass is 35.5. The van der Waals surface area contributed by atoms with E-state index in [1.54, 1.807) is 29.7 Å². The van der Waals surface area contributed by atoms with Gasteiger partial charge in [0.1, 0.15) is 11.6 Å². The second-order valence-corrected chi connectivity index (χ2v) is 7.73. The topological polar surface area (TPSA) is 91.1 Å². The van der Waals surface area contributed by atoms with Gasteiger partial charge in [-0.05, 0) is 48.9 Å². The van der Waals surface area contributed by atoms with Crippen LogP contribution in [-0.4, -0.2) is 19.5 Å². The minimum atomic E-state index is -3.91. The zero-order chi connectivity index (χ0) is 19.8. The van der Waals surface area contributed by atoms with Crippen LogP contribution >= 0.6 is 12.4 Å². The summed E-state index contributed by atoms with van der Waals surface area (Å²) in [5.74, 6) is -0.791. The van der Waals surface area contributed by atoms with Gasteiger partial charge in [0.2, 0.25) is 10.0 Å². The maximum Gasteiger partial charge on any atom is 0.238 e. The molecule has 1 aromatic heterocycles. The van der Waals surface area contributed by atoms with Gasteiger partial charge in [-0.2, -0.15) is 0 Å². The van der Waals surface area contributed by atoms with E-state index in [2.05, 4.69) is 0 Å². The summed E-state index contributed by atoms with van der Waals surface area (Å²) >= 11 is 0. The van der Waals surface area contributed by atoms with Crippen LogP contribution in [0.2, 0.25) is 0 Å². The number of nitrogens with zero attached hydrogens (tertiary/aromatic N) is 1. The molecule has 2 aromatic carbocycles. The lowest BCUT2D eigenvalue weighted by Gasteiger charge is -2.08. The van der Waals surface area contributed by atoms with Crippen molar-refractivity contribution in [3.8, 4) is 11.1 Å². The average molecular weight is 428 g/mol. The van der Waals surface area contributed by atoms with Crippen molar-refractivity contribution in [2.45, 2.75) is 18.4 Å². The number of halogens is 3. The SMILES string of the molecule is Cc1c(-c2ccc(F)cc2)c2cc(S(N)(=O)=O)ccc2n1C/C(F)=C/CN.Cl. The Labute approximate surface area is 168 Å². The fourth-order valence-electron chi connectivity index (χ4n) is 3.17. The van der Waals surface area contributed by atoms with Crippen LogP contribution < -0.4 is 10.9 Å². The molecule has 0 aliphatic carbocycles. The van der Waals surface area contributed by atoms with Crippen LogP contribution in [0.25, 0.3) is 22.0 Å². The molecule has 0 radical (unpaired) electrons. The monoisotopic (exact) mass is 427 g/mol. The van der Waals surface area contributed by atoms with Crippen molar-refractivity contribution < 1.29 is 17.2 Å². The fourth-order valence-corrected chi connectivity index (χ4v) is 3.71. The fraction of sp³-hybridized carbons (Fsp3) is 0.158. The first-order valence-electron chi connectivity index (χ1n) is 8.18. The molecule has 0 aliphatic rings. The van der Waals surface area contributed by atoms with Crippen LogP contribution in [0.5, 0.6) is 0 Å². The van der Waals surface area contributed by atoms with Crippen LogP contribution in [-0.2, 0) is 16.6 Å². The summed E-state index contributed by atoms with van der Waals surface area (Å²) in [6, 6.07) is 10.2. The van der Waals surface area contributed by atoms with Gasteiger partial charge < -0.3 is 10.3 Å². The Morgan fingerprint density at radius 1 is 1.18 bits per heavy atom. The molecule has 1 heterocycles. The number of sulfonamides is 1. The molecule has 0 spiro atoms. The molecule has 0 bridgehead atoms. The summed E-state index contributed by atoms with van der Waals surface area (Å²) in [7, 11) is -3.91. The standard InChI is InChI=1S/C19H19F2N3O2S.ClH/c1-12-19(13-2-4-14(20)5-3-13)17-10-16(27(23,25)26)6-7-18(17)24(12)11-15(21)8-9-22;/h2-8,10H,9,11,22H2,1H3,(H2,23,25,26);1H/b15-8-;. The number of fused-ring (bicyclic) bond motifs is 1. The molecule has 28 heavy (non-hydrogen) atoms. The molecule has 3 aromatic rings. The van der Waals surface area contributed by atoms with Gasteiger partial charge in [-0.1, -0.05) is 12.1 Å². The molecule has 3 rings (SSSR count). The lowest BCUT2D eigenvalue weighted by molar-refractivity contribution is 0.555. The Hall–Kier alpha value is -2.26. The van der Waals surface area contributed by atoms with Crippen molar-refractivity contribution in [3.63, 3.8) is 0 Å². The molecule has 0 unspecified atom stereocenters. The largest absolute Gasteiger partial charge is 0.337 e. The Morgan fingerprint density at radius 3 is 2.39 bits per heavy atom. The Morgan fingerprint density at radius 2 is 1.82 bits per heavy atom. The Balaban J connectivity index is 0.00000280. The van der Waals surface area contributed by atoms with Gasteiger partial charge in [0.15, 0.2) is 0 Å². The summed E-state index contributed by atoms with van der Waals surface area (Å²) in [5.41, 5.74) is 8.10. The quantitative estimate of drug-likeness (QED) is 0.651. The van der Waals surface area contributed by atoms with E-state index in [-0.39, 0.29) is 36.2 Å². The summed E-state index contributed by atoms with van der Waals surface area (Å²) < 4.78 is 52.7. The Kier molecular flexibility index (Phi) is 6.61. The van der Waals surface area contributed by atoms with E-state index in [0.717, 1.165) is 0 Å². The number of benzene rings is 2. The molecule has 9 heteroatoms. The first-order chi connectivity index (χ1) is 12.7. The van der Waals surface area contributed by atoms with E-state index in [1.165, 1.54) is 30.3 Å². The summed E-state index contributed by atoms with van der Waals surface area (Å²) in [6.45, 7) is 1.82. The van der Waals surface area contributed by atoms with Crippen molar-refractivity contribution >= 4 is 33.3 Å². The third-order valence-corrected chi connectivity index (χ3v) is 5.32. The summed E-state index contributed by atoms with van der Waals surface area (Å²) in [6.07, 6.45) is 1.28. The van der Waals surface area contributed by atoms with E-state index >= 15 is 0 Å². The van der Waals surface area contributed by atoms with Gasteiger partial charge in [0.25, 0.3) is 0 Å². The van der Waals surface area contributed by atoms with Gasteiger partial charge >= 0.3 is 0 Å². The minimum absolute atomic E-state index is 0. The molecule has 0 amide bonds. The van der Waals surface area contributed by atoms with E-state index in [4.69, 9.17) is 10.9 Å². The van der Waals surface area contributed by atoms with Crippen molar-refractivity contribution in [3.05, 3.63) is 65.9 Å². The highest BCUT2D eigenvalue weighted by Crippen LogP contribution is 2.36. The zero-order valence-corrected chi connectivity index (χ0v) is 16.7. The number of allylic oxidation sites excluding steroid dienone is 1. The third-order valence-electron chi connectivity index (χ3n) is 4.40. The maximum absolute atomic E-state index is 14.1. The van der Waals surface area contributed by atoms with Crippen molar-refractivity contribution in [2.24, 2.45) is 10.9 Å². The average Bonchev–Trinajstić information content (AvgIpc) is 2.87. The number of primary sulfonamides is 1. The lowest BCUT2D eigenvalue weighted by Crippen LogP contribution is -2.11. The lowest BCUT2D eigenvalue weighted by atomic mass is 10.0. The number of aromatic nitrogens is 1. The van der Waals surface area contributed by atoms with Gasteiger partial charge in [-0.25, -0.2) is 22.3 Å². The second kappa shape index (κ2) is 8.40. The summed E-state index contributed by atoms with van der Waals surface area (Å²) in [5, 5.41) is 5.84. The molecular weight excluding hydrogens is 408 g/mol. The van der Waals surface area contributed by atoms with Crippen molar-refractivity contribution in [2.75, 3.05) is 6.54 Å². The number of hydrogen-bond donors (Lipinski definition) is 2. The zero-order valence-electron chi connectivity index (χ0n) is 15.0.